The van der Waals surface area contributed by atoms with Crippen LogP contribution in [-0.2, 0) is 10.9 Å². The zero-order valence-corrected chi connectivity index (χ0v) is 13.4. The smallest absolute Gasteiger partial charge is 0.416 e. The topological polar surface area (TPSA) is 81.4 Å². The van der Waals surface area contributed by atoms with Gasteiger partial charge in [-0.05, 0) is 37.6 Å². The van der Waals surface area contributed by atoms with E-state index < -0.39 is 23.6 Å². The van der Waals surface area contributed by atoms with Crippen molar-refractivity contribution < 1.29 is 32.0 Å². The van der Waals surface area contributed by atoms with Crippen LogP contribution in [0, 0.1) is 6.92 Å². The molecule has 0 aliphatic rings. The summed E-state index contributed by atoms with van der Waals surface area (Å²) in [5.74, 6) is -1.45. The maximum atomic E-state index is 12.5. The highest BCUT2D eigenvalue weighted by molar-refractivity contribution is 6.10. The Labute approximate surface area is 140 Å². The van der Waals surface area contributed by atoms with Crippen LogP contribution in [0.25, 0.3) is 0 Å². The first kappa shape index (κ1) is 18.5. The quantitative estimate of drug-likeness (QED) is 0.824. The van der Waals surface area contributed by atoms with Gasteiger partial charge in [-0.3, -0.25) is 4.79 Å². The number of amides is 1. The molecule has 25 heavy (non-hydrogen) atoms. The van der Waals surface area contributed by atoms with Crippen LogP contribution in [0.4, 0.5) is 18.9 Å². The summed E-state index contributed by atoms with van der Waals surface area (Å²) in [7, 11) is 0. The molecule has 0 bridgehead atoms. The Morgan fingerprint density at radius 3 is 2.44 bits per heavy atom. The molecular weight excluding hydrogens is 341 g/mol. The molecule has 0 unspecified atom stereocenters. The van der Waals surface area contributed by atoms with Gasteiger partial charge in [-0.25, -0.2) is 4.79 Å². The molecule has 6 nitrogen and oxygen atoms in total. The maximum Gasteiger partial charge on any atom is 0.416 e. The van der Waals surface area contributed by atoms with E-state index in [4.69, 9.17) is 9.26 Å². The number of aryl methyl sites for hydroxylation is 1. The van der Waals surface area contributed by atoms with Gasteiger partial charge in [-0.15, -0.1) is 0 Å². The summed E-state index contributed by atoms with van der Waals surface area (Å²) in [4.78, 5) is 24.2. The summed E-state index contributed by atoms with van der Waals surface area (Å²) in [6.45, 7) is 3.40. The number of alkyl halides is 3. The molecule has 1 aromatic carbocycles. The molecule has 0 saturated heterocycles. The van der Waals surface area contributed by atoms with Crippen LogP contribution in [0.1, 0.15) is 45.5 Å². The Balaban J connectivity index is 2.18. The van der Waals surface area contributed by atoms with Crippen LogP contribution >= 0.6 is 0 Å². The fraction of sp³-hybridized carbons (Fsp3) is 0.312. The molecular formula is C16H15F3N2O4. The molecule has 1 aromatic heterocycles. The summed E-state index contributed by atoms with van der Waals surface area (Å²) in [6.07, 6.45) is -3.88. The van der Waals surface area contributed by atoms with Crippen molar-refractivity contribution in [2.24, 2.45) is 0 Å². The first-order valence-corrected chi connectivity index (χ1v) is 7.36. The largest absolute Gasteiger partial charge is 0.461 e. The predicted octanol–water partition coefficient (Wildman–Crippen LogP) is 3.82. The number of ether oxygens (including phenoxy) is 1. The van der Waals surface area contributed by atoms with E-state index in [2.05, 4.69) is 10.5 Å². The van der Waals surface area contributed by atoms with Gasteiger partial charge < -0.3 is 14.6 Å². The van der Waals surface area contributed by atoms with Gasteiger partial charge in [-0.2, -0.15) is 13.2 Å². The molecule has 9 heteroatoms. The lowest BCUT2D eigenvalue weighted by molar-refractivity contribution is -0.137. The number of esters is 1. The minimum absolute atomic E-state index is 0.0906. The molecule has 0 aliphatic carbocycles. The van der Waals surface area contributed by atoms with Crippen LogP contribution in [-0.4, -0.2) is 23.6 Å². The third-order valence-electron chi connectivity index (χ3n) is 3.19. The Morgan fingerprint density at radius 2 is 1.88 bits per heavy atom. The monoisotopic (exact) mass is 356 g/mol. The normalized spacial score (nSPS) is 11.2. The summed E-state index contributed by atoms with van der Waals surface area (Å²) < 4.78 is 47.4. The zero-order chi connectivity index (χ0) is 18.6. The van der Waals surface area contributed by atoms with E-state index >= 15 is 0 Å². The van der Waals surface area contributed by atoms with Gasteiger partial charge in [0.1, 0.15) is 11.3 Å². The number of carbonyl (C=O) groups excluding carboxylic acids is 2. The summed E-state index contributed by atoms with van der Waals surface area (Å²) in [5, 5.41) is 5.92. The fourth-order valence-electron chi connectivity index (χ4n) is 1.98. The van der Waals surface area contributed by atoms with Crippen molar-refractivity contribution in [3.05, 3.63) is 46.8 Å². The van der Waals surface area contributed by atoms with Crippen molar-refractivity contribution in [1.29, 1.82) is 0 Å². The molecule has 0 atom stereocenters. The van der Waals surface area contributed by atoms with Gasteiger partial charge in [0, 0.05) is 5.69 Å². The third kappa shape index (κ3) is 4.37. The Kier molecular flexibility index (Phi) is 5.45. The molecule has 134 valence electrons. The number of nitrogens with one attached hydrogen (secondary N) is 1. The first-order chi connectivity index (χ1) is 11.7. The highest BCUT2D eigenvalue weighted by Crippen LogP contribution is 2.30. The molecule has 0 radical (unpaired) electrons. The SMILES string of the molecule is CCCOC(=O)c1noc(C)c1C(=O)Nc1ccc(C(F)(F)F)cc1. The van der Waals surface area contributed by atoms with E-state index in [-0.39, 0.29) is 29.3 Å². The molecule has 0 saturated carbocycles. The van der Waals surface area contributed by atoms with E-state index in [9.17, 15) is 22.8 Å². The minimum Gasteiger partial charge on any atom is -0.461 e. The first-order valence-electron chi connectivity index (χ1n) is 7.36. The van der Waals surface area contributed by atoms with Crippen molar-refractivity contribution in [3.8, 4) is 0 Å². The number of hydrogen-bond donors (Lipinski definition) is 1. The number of halogens is 3. The maximum absolute atomic E-state index is 12.5. The standard InChI is InChI=1S/C16H15F3N2O4/c1-3-8-24-15(23)13-12(9(2)25-21-13)14(22)20-11-6-4-10(5-7-11)16(17,18)19/h4-7H,3,8H2,1-2H3,(H,20,22). The second kappa shape index (κ2) is 7.37. The number of benzene rings is 1. The minimum atomic E-state index is -4.47. The van der Waals surface area contributed by atoms with Crippen molar-refractivity contribution in [1.82, 2.24) is 5.16 Å². The third-order valence-corrected chi connectivity index (χ3v) is 3.19. The molecule has 1 N–H and O–H groups in total. The molecule has 2 rings (SSSR count). The Hall–Kier alpha value is -2.84. The number of hydrogen-bond acceptors (Lipinski definition) is 5. The van der Waals surface area contributed by atoms with Crippen LogP contribution in [0.2, 0.25) is 0 Å². The van der Waals surface area contributed by atoms with Gasteiger partial charge in [0.15, 0.2) is 0 Å². The average Bonchev–Trinajstić information content (AvgIpc) is 2.94. The van der Waals surface area contributed by atoms with Crippen LogP contribution in [0.15, 0.2) is 28.8 Å². The van der Waals surface area contributed by atoms with E-state index in [0.717, 1.165) is 24.3 Å². The van der Waals surface area contributed by atoms with E-state index in [1.54, 1.807) is 6.92 Å². The molecule has 2 aromatic rings. The number of aromatic nitrogens is 1. The van der Waals surface area contributed by atoms with Gasteiger partial charge in [0.25, 0.3) is 5.91 Å². The van der Waals surface area contributed by atoms with Gasteiger partial charge in [0.2, 0.25) is 5.69 Å². The van der Waals surface area contributed by atoms with Crippen LogP contribution in [0.3, 0.4) is 0 Å². The van der Waals surface area contributed by atoms with E-state index in [1.807, 2.05) is 0 Å². The molecule has 0 spiro atoms. The Bertz CT molecular complexity index is 767. The highest BCUT2D eigenvalue weighted by atomic mass is 19.4. The summed E-state index contributed by atoms with van der Waals surface area (Å²) in [5.41, 5.74) is -1.11. The number of anilines is 1. The van der Waals surface area contributed by atoms with Crippen LogP contribution in [0.5, 0.6) is 0 Å². The second-order valence-electron chi connectivity index (χ2n) is 5.13. The van der Waals surface area contributed by atoms with E-state index in [0.29, 0.717) is 6.42 Å². The number of nitrogens with zero attached hydrogens (tertiary/aromatic N) is 1. The Morgan fingerprint density at radius 1 is 1.24 bits per heavy atom. The molecule has 0 aliphatic heterocycles. The van der Waals surface area contributed by atoms with Gasteiger partial charge in [-0.1, -0.05) is 12.1 Å². The lowest BCUT2D eigenvalue weighted by Crippen LogP contribution is -2.18. The van der Waals surface area contributed by atoms with Crippen molar-refractivity contribution in [3.63, 3.8) is 0 Å². The van der Waals surface area contributed by atoms with Gasteiger partial charge in [0.05, 0.1) is 12.2 Å². The van der Waals surface area contributed by atoms with Gasteiger partial charge >= 0.3 is 12.1 Å². The highest BCUT2D eigenvalue weighted by Gasteiger charge is 2.30. The number of rotatable bonds is 5. The fourth-order valence-corrected chi connectivity index (χ4v) is 1.98. The second-order valence-corrected chi connectivity index (χ2v) is 5.13. The lowest BCUT2D eigenvalue weighted by Gasteiger charge is -2.09. The summed E-state index contributed by atoms with van der Waals surface area (Å²) in [6, 6.07) is 3.90. The average molecular weight is 356 g/mol. The van der Waals surface area contributed by atoms with Crippen molar-refractivity contribution >= 4 is 17.6 Å². The summed E-state index contributed by atoms with van der Waals surface area (Å²) >= 11 is 0. The predicted molar refractivity (Wildman–Crippen MR) is 81.2 cm³/mol. The molecule has 1 amide bonds. The zero-order valence-electron chi connectivity index (χ0n) is 13.4. The van der Waals surface area contributed by atoms with Crippen LogP contribution < -0.4 is 5.32 Å². The lowest BCUT2D eigenvalue weighted by atomic mass is 10.1. The van der Waals surface area contributed by atoms with Crippen molar-refractivity contribution in [2.45, 2.75) is 26.4 Å². The van der Waals surface area contributed by atoms with Crippen molar-refractivity contribution in [2.75, 3.05) is 11.9 Å². The number of carbonyl (C=O) groups is 2. The molecule has 0 fully saturated rings. The van der Waals surface area contributed by atoms with E-state index in [1.165, 1.54) is 6.92 Å². The molecule has 1 heterocycles.